The molecule has 0 aliphatic heterocycles. The first-order valence-electron chi connectivity index (χ1n) is 15.2. The third-order valence-corrected chi connectivity index (χ3v) is 7.68. The highest BCUT2D eigenvalue weighted by Crippen LogP contribution is 2.30. The lowest BCUT2D eigenvalue weighted by Gasteiger charge is -2.14. The topological polar surface area (TPSA) is 9.23 Å². The zero-order chi connectivity index (χ0) is 29.0. The van der Waals surface area contributed by atoms with Gasteiger partial charge in [0.05, 0.1) is 6.61 Å². The first kappa shape index (κ1) is 30.1. The predicted molar refractivity (Wildman–Crippen MR) is 180 cm³/mol. The molecular weight excluding hydrogens is 496 g/mol. The Balaban J connectivity index is 1.50. The fourth-order valence-corrected chi connectivity index (χ4v) is 4.93. The Morgan fingerprint density at radius 2 is 1.15 bits per heavy atom. The Labute approximate surface area is 248 Å². The SMILES string of the molecule is Cc1ccc(C=Cc2ccc(C=Cc3ccc(C)cc3)c(-c3ccc(OCCC(C)CCCC(C)C)cc3)c2)cc1. The van der Waals surface area contributed by atoms with Crippen molar-refractivity contribution in [1.82, 2.24) is 0 Å². The van der Waals surface area contributed by atoms with Gasteiger partial charge in [-0.3, -0.25) is 0 Å². The zero-order valence-electron chi connectivity index (χ0n) is 25.6. The van der Waals surface area contributed by atoms with E-state index in [0.717, 1.165) is 24.7 Å². The molecule has 0 amide bonds. The van der Waals surface area contributed by atoms with Gasteiger partial charge in [-0.2, -0.15) is 0 Å². The van der Waals surface area contributed by atoms with Crippen molar-refractivity contribution in [1.29, 1.82) is 0 Å². The molecule has 0 radical (unpaired) electrons. The van der Waals surface area contributed by atoms with Gasteiger partial charge in [-0.25, -0.2) is 0 Å². The lowest BCUT2D eigenvalue weighted by Crippen LogP contribution is -2.04. The minimum atomic E-state index is 0.701. The molecule has 4 rings (SSSR count). The van der Waals surface area contributed by atoms with Crippen molar-refractivity contribution >= 4 is 24.3 Å². The van der Waals surface area contributed by atoms with Gasteiger partial charge in [-0.15, -0.1) is 0 Å². The van der Waals surface area contributed by atoms with Crippen LogP contribution in [0, 0.1) is 25.7 Å². The average molecular weight is 543 g/mol. The van der Waals surface area contributed by atoms with Crippen molar-refractivity contribution in [3.8, 4) is 16.9 Å². The highest BCUT2D eigenvalue weighted by molar-refractivity contribution is 5.83. The monoisotopic (exact) mass is 542 g/mol. The third kappa shape index (κ3) is 9.94. The average Bonchev–Trinajstić information content (AvgIpc) is 2.97. The van der Waals surface area contributed by atoms with Crippen molar-refractivity contribution in [2.24, 2.45) is 11.8 Å². The third-order valence-electron chi connectivity index (χ3n) is 7.68. The molecule has 1 nitrogen and oxygen atoms in total. The summed E-state index contributed by atoms with van der Waals surface area (Å²) in [5.41, 5.74) is 9.73. The summed E-state index contributed by atoms with van der Waals surface area (Å²) >= 11 is 0. The van der Waals surface area contributed by atoms with Crippen LogP contribution in [0.1, 0.15) is 79.8 Å². The second-order valence-electron chi connectivity index (χ2n) is 11.9. The van der Waals surface area contributed by atoms with Gasteiger partial charge < -0.3 is 4.74 Å². The standard InChI is InChI=1S/C40H46O/c1-30(2)7-6-8-31(3)27-28-41-39-25-23-38(24-26-39)40-29-36(18-17-34-13-9-32(4)10-14-34)20-22-37(40)21-19-35-15-11-33(5)12-16-35/h9-26,29-31H,6-8,27-28H2,1-5H3. The van der Waals surface area contributed by atoms with Crippen LogP contribution in [0.3, 0.4) is 0 Å². The molecule has 0 spiro atoms. The molecule has 4 aromatic carbocycles. The van der Waals surface area contributed by atoms with Crippen molar-refractivity contribution in [3.63, 3.8) is 0 Å². The van der Waals surface area contributed by atoms with E-state index in [1.165, 1.54) is 63.8 Å². The number of aryl methyl sites for hydroxylation is 2. The minimum Gasteiger partial charge on any atom is -0.494 e. The smallest absolute Gasteiger partial charge is 0.119 e. The van der Waals surface area contributed by atoms with Crippen LogP contribution in [0.25, 0.3) is 35.4 Å². The fourth-order valence-electron chi connectivity index (χ4n) is 4.93. The maximum absolute atomic E-state index is 6.13. The van der Waals surface area contributed by atoms with Gasteiger partial charge in [0.15, 0.2) is 0 Å². The summed E-state index contributed by atoms with van der Waals surface area (Å²) in [7, 11) is 0. The lowest BCUT2D eigenvalue weighted by atomic mass is 9.96. The van der Waals surface area contributed by atoms with Crippen molar-refractivity contribution in [2.45, 2.75) is 60.3 Å². The molecule has 0 saturated heterocycles. The van der Waals surface area contributed by atoms with Crippen LogP contribution < -0.4 is 4.74 Å². The maximum Gasteiger partial charge on any atom is 0.119 e. The van der Waals surface area contributed by atoms with Gasteiger partial charge in [-0.1, -0.05) is 148 Å². The van der Waals surface area contributed by atoms with Gasteiger partial charge in [0.25, 0.3) is 0 Å². The largest absolute Gasteiger partial charge is 0.494 e. The van der Waals surface area contributed by atoms with E-state index in [1.807, 2.05) is 0 Å². The van der Waals surface area contributed by atoms with E-state index in [4.69, 9.17) is 4.74 Å². The molecule has 1 unspecified atom stereocenters. The molecule has 0 bridgehead atoms. The normalized spacial score (nSPS) is 12.4. The van der Waals surface area contributed by atoms with Crippen LogP contribution in [-0.2, 0) is 0 Å². The molecule has 0 N–H and O–H groups in total. The van der Waals surface area contributed by atoms with Crippen LogP contribution in [-0.4, -0.2) is 6.61 Å². The van der Waals surface area contributed by atoms with Crippen LogP contribution in [0.5, 0.6) is 5.75 Å². The van der Waals surface area contributed by atoms with E-state index in [9.17, 15) is 0 Å². The molecule has 0 fully saturated rings. The van der Waals surface area contributed by atoms with E-state index in [0.29, 0.717) is 5.92 Å². The van der Waals surface area contributed by atoms with Crippen LogP contribution in [0.15, 0.2) is 91.0 Å². The molecule has 0 heterocycles. The number of ether oxygens (including phenoxy) is 1. The van der Waals surface area contributed by atoms with Crippen molar-refractivity contribution in [3.05, 3.63) is 124 Å². The second-order valence-corrected chi connectivity index (χ2v) is 11.9. The van der Waals surface area contributed by atoms with E-state index in [-0.39, 0.29) is 0 Å². The minimum absolute atomic E-state index is 0.701. The summed E-state index contributed by atoms with van der Waals surface area (Å²) in [4.78, 5) is 0. The fraction of sp³-hybridized carbons (Fsp3) is 0.300. The molecule has 0 aliphatic rings. The summed E-state index contributed by atoms with van der Waals surface area (Å²) < 4.78 is 6.13. The van der Waals surface area contributed by atoms with E-state index in [1.54, 1.807) is 0 Å². The summed E-state index contributed by atoms with van der Waals surface area (Å²) in [5.74, 6) is 2.43. The molecule has 0 saturated carbocycles. The molecule has 1 heteroatoms. The van der Waals surface area contributed by atoms with Gasteiger partial charge in [0.1, 0.15) is 5.75 Å². The van der Waals surface area contributed by atoms with E-state index < -0.39 is 0 Å². The summed E-state index contributed by atoms with van der Waals surface area (Å²) in [6.45, 7) is 12.0. The molecule has 41 heavy (non-hydrogen) atoms. The molecular formula is C40H46O. The van der Waals surface area contributed by atoms with Crippen molar-refractivity contribution in [2.75, 3.05) is 6.61 Å². The maximum atomic E-state index is 6.13. The number of hydrogen-bond acceptors (Lipinski definition) is 1. The highest BCUT2D eigenvalue weighted by Gasteiger charge is 2.07. The Hall–Kier alpha value is -3.84. The lowest BCUT2D eigenvalue weighted by molar-refractivity contribution is 0.276. The summed E-state index contributed by atoms with van der Waals surface area (Å²) in [6.07, 6.45) is 13.8. The number of rotatable bonds is 13. The molecule has 212 valence electrons. The summed E-state index contributed by atoms with van der Waals surface area (Å²) in [5, 5.41) is 0. The Morgan fingerprint density at radius 1 is 0.585 bits per heavy atom. The van der Waals surface area contributed by atoms with Crippen LogP contribution in [0.4, 0.5) is 0 Å². The van der Waals surface area contributed by atoms with Crippen LogP contribution >= 0.6 is 0 Å². The Kier molecular flexibility index (Phi) is 11.2. The van der Waals surface area contributed by atoms with Gasteiger partial charge in [-0.05, 0) is 83.7 Å². The van der Waals surface area contributed by atoms with E-state index in [2.05, 4.69) is 150 Å². The first-order valence-corrected chi connectivity index (χ1v) is 15.2. The predicted octanol–water partition coefficient (Wildman–Crippen LogP) is 11.5. The van der Waals surface area contributed by atoms with Crippen molar-refractivity contribution < 1.29 is 4.74 Å². The highest BCUT2D eigenvalue weighted by atomic mass is 16.5. The van der Waals surface area contributed by atoms with Gasteiger partial charge in [0.2, 0.25) is 0 Å². The summed E-state index contributed by atoms with van der Waals surface area (Å²) in [6, 6.07) is 32.6. The molecule has 0 aromatic heterocycles. The second kappa shape index (κ2) is 15.2. The number of hydrogen-bond donors (Lipinski definition) is 0. The quantitative estimate of drug-likeness (QED) is 0.153. The molecule has 1 atom stereocenters. The van der Waals surface area contributed by atoms with Gasteiger partial charge in [0, 0.05) is 0 Å². The van der Waals surface area contributed by atoms with Gasteiger partial charge >= 0.3 is 0 Å². The zero-order valence-corrected chi connectivity index (χ0v) is 25.6. The molecule has 4 aromatic rings. The van der Waals surface area contributed by atoms with Crippen LogP contribution in [0.2, 0.25) is 0 Å². The van der Waals surface area contributed by atoms with E-state index >= 15 is 0 Å². The molecule has 0 aliphatic carbocycles. The Morgan fingerprint density at radius 3 is 1.76 bits per heavy atom. The first-order chi connectivity index (χ1) is 19.9. The number of benzene rings is 4. The Bertz CT molecular complexity index is 1400.